The second-order valence-corrected chi connectivity index (χ2v) is 6.00. The summed E-state index contributed by atoms with van der Waals surface area (Å²) in [6, 6.07) is 34.4. The Bertz CT molecular complexity index is 946. The zero-order valence-corrected chi connectivity index (χ0v) is 13.5. The summed E-state index contributed by atoms with van der Waals surface area (Å²) < 4.78 is 0. The van der Waals surface area contributed by atoms with E-state index in [0.29, 0.717) is 0 Å². The fraction of sp³-hybridized carbons (Fsp3) is 0.0417. The smallest absolute Gasteiger partial charge is 0.00428 e. The predicted octanol–water partition coefficient (Wildman–Crippen LogP) is 6.30. The van der Waals surface area contributed by atoms with Gasteiger partial charge in [0.25, 0.3) is 0 Å². The summed E-state index contributed by atoms with van der Waals surface area (Å²) in [5.74, 6) is 0. The number of hydrogen-bond acceptors (Lipinski definition) is 0. The molecule has 0 spiro atoms. The van der Waals surface area contributed by atoms with Gasteiger partial charge in [0.1, 0.15) is 0 Å². The summed E-state index contributed by atoms with van der Waals surface area (Å²) in [5, 5.41) is 2.65. The molecule has 0 aliphatic carbocycles. The highest BCUT2D eigenvalue weighted by Gasteiger charge is 2.06. The first-order valence-corrected chi connectivity index (χ1v) is 8.36. The summed E-state index contributed by atoms with van der Waals surface area (Å²) in [4.78, 5) is 0. The lowest BCUT2D eigenvalue weighted by molar-refractivity contribution is 1.19. The molecular weight excluding hydrogens is 288 g/mol. The molecule has 4 aromatic rings. The zero-order chi connectivity index (χ0) is 16.2. The highest BCUT2D eigenvalue weighted by molar-refractivity contribution is 5.85. The maximum absolute atomic E-state index is 2.34. The van der Waals surface area contributed by atoms with Gasteiger partial charge in [0.2, 0.25) is 0 Å². The van der Waals surface area contributed by atoms with E-state index in [-0.39, 0.29) is 0 Å². The Labute approximate surface area is 143 Å². The van der Waals surface area contributed by atoms with E-state index in [1.165, 1.54) is 33.0 Å². The van der Waals surface area contributed by atoms with Crippen LogP contribution in [-0.2, 0) is 6.42 Å². The largest absolute Gasteiger partial charge is 0.0622 e. The Morgan fingerprint density at radius 3 is 2.21 bits per heavy atom. The van der Waals surface area contributed by atoms with Gasteiger partial charge in [-0.1, -0.05) is 97.1 Å². The van der Waals surface area contributed by atoms with E-state index < -0.39 is 0 Å². The monoisotopic (exact) mass is 307 g/mol. The minimum atomic E-state index is 0.936. The van der Waals surface area contributed by atoms with Gasteiger partial charge in [-0.25, -0.2) is 0 Å². The van der Waals surface area contributed by atoms with E-state index in [1.807, 2.05) is 0 Å². The second kappa shape index (κ2) is 6.72. The molecule has 0 heterocycles. The predicted molar refractivity (Wildman–Crippen MR) is 103 cm³/mol. The minimum Gasteiger partial charge on any atom is -0.0622 e. The van der Waals surface area contributed by atoms with Crippen molar-refractivity contribution in [2.45, 2.75) is 6.42 Å². The van der Waals surface area contributed by atoms with Crippen molar-refractivity contribution in [2.75, 3.05) is 0 Å². The third-order valence-corrected chi connectivity index (χ3v) is 4.47. The zero-order valence-electron chi connectivity index (χ0n) is 13.5. The van der Waals surface area contributed by atoms with Crippen LogP contribution in [0.3, 0.4) is 0 Å². The highest BCUT2D eigenvalue weighted by Crippen LogP contribution is 2.27. The van der Waals surface area contributed by atoms with E-state index in [1.54, 1.807) is 0 Å². The van der Waals surface area contributed by atoms with Crippen molar-refractivity contribution in [1.82, 2.24) is 0 Å². The molecule has 0 heteroatoms. The van der Waals surface area contributed by atoms with Crippen molar-refractivity contribution < 1.29 is 0 Å². The molecule has 0 atom stereocenters. The van der Waals surface area contributed by atoms with Gasteiger partial charge in [0.15, 0.2) is 0 Å². The first kappa shape index (κ1) is 14.7. The van der Waals surface area contributed by atoms with Gasteiger partial charge in [0, 0.05) is 0 Å². The van der Waals surface area contributed by atoms with Crippen LogP contribution in [-0.4, -0.2) is 0 Å². The molecule has 0 aromatic heterocycles. The van der Waals surface area contributed by atoms with Crippen molar-refractivity contribution in [2.24, 2.45) is 0 Å². The number of benzene rings is 4. The normalized spacial score (nSPS) is 10.8. The van der Waals surface area contributed by atoms with Gasteiger partial charge in [-0.05, 0) is 45.9 Å². The molecule has 0 amide bonds. The minimum absolute atomic E-state index is 0.936. The SMILES string of the molecule is [CH](Cc1cccc2ccccc12)c1ccccc1-c1ccccc1. The molecule has 4 rings (SSSR count). The molecule has 24 heavy (non-hydrogen) atoms. The summed E-state index contributed by atoms with van der Waals surface area (Å²) in [6.45, 7) is 0. The van der Waals surface area contributed by atoms with E-state index >= 15 is 0 Å². The molecule has 0 saturated carbocycles. The van der Waals surface area contributed by atoms with Crippen LogP contribution in [0.25, 0.3) is 21.9 Å². The van der Waals surface area contributed by atoms with Crippen LogP contribution in [0.5, 0.6) is 0 Å². The Hall–Kier alpha value is -2.86. The summed E-state index contributed by atoms with van der Waals surface area (Å²) in [7, 11) is 0. The third-order valence-electron chi connectivity index (χ3n) is 4.47. The fourth-order valence-corrected chi connectivity index (χ4v) is 3.25. The van der Waals surface area contributed by atoms with Crippen LogP contribution in [0.1, 0.15) is 11.1 Å². The van der Waals surface area contributed by atoms with Crippen molar-refractivity contribution in [3.63, 3.8) is 0 Å². The molecule has 0 aliphatic heterocycles. The highest BCUT2D eigenvalue weighted by atomic mass is 14.1. The third kappa shape index (κ3) is 2.96. The number of hydrogen-bond donors (Lipinski definition) is 0. The van der Waals surface area contributed by atoms with Gasteiger partial charge < -0.3 is 0 Å². The van der Waals surface area contributed by atoms with Crippen LogP contribution >= 0.6 is 0 Å². The van der Waals surface area contributed by atoms with Crippen molar-refractivity contribution in [3.05, 3.63) is 115 Å². The first-order valence-electron chi connectivity index (χ1n) is 8.36. The maximum atomic E-state index is 2.34. The maximum Gasteiger partial charge on any atom is -0.00428 e. The van der Waals surface area contributed by atoms with Gasteiger partial charge >= 0.3 is 0 Å². The van der Waals surface area contributed by atoms with Gasteiger partial charge in [-0.3, -0.25) is 0 Å². The molecule has 0 N–H and O–H groups in total. The molecule has 0 saturated heterocycles. The molecule has 1 radical (unpaired) electrons. The molecule has 115 valence electrons. The molecule has 0 aliphatic rings. The standard InChI is InChI=1S/C24H19/c1-2-9-19(10-3-1)23-15-7-5-12-21(23)17-18-22-14-8-13-20-11-4-6-16-24(20)22/h1-17H,18H2. The van der Waals surface area contributed by atoms with Crippen molar-refractivity contribution in [1.29, 1.82) is 0 Å². The first-order chi connectivity index (χ1) is 11.9. The van der Waals surface area contributed by atoms with Crippen molar-refractivity contribution in [3.8, 4) is 11.1 Å². The van der Waals surface area contributed by atoms with E-state index in [0.717, 1.165) is 6.42 Å². The van der Waals surface area contributed by atoms with Crippen LogP contribution in [0, 0.1) is 6.42 Å². The Balaban J connectivity index is 1.65. The van der Waals surface area contributed by atoms with Crippen LogP contribution < -0.4 is 0 Å². The Morgan fingerprint density at radius 1 is 0.583 bits per heavy atom. The Kier molecular flexibility index (Phi) is 4.12. The lowest BCUT2D eigenvalue weighted by Gasteiger charge is -2.11. The average molecular weight is 307 g/mol. The molecule has 0 bridgehead atoms. The quantitative estimate of drug-likeness (QED) is 0.415. The van der Waals surface area contributed by atoms with Gasteiger partial charge in [-0.2, -0.15) is 0 Å². The molecule has 0 nitrogen and oxygen atoms in total. The van der Waals surface area contributed by atoms with Crippen LogP contribution in [0.15, 0.2) is 97.1 Å². The summed E-state index contributed by atoms with van der Waals surface area (Å²) >= 11 is 0. The van der Waals surface area contributed by atoms with Gasteiger partial charge in [-0.15, -0.1) is 0 Å². The Morgan fingerprint density at radius 2 is 1.29 bits per heavy atom. The lowest BCUT2D eigenvalue weighted by Crippen LogP contribution is -1.93. The van der Waals surface area contributed by atoms with E-state index in [4.69, 9.17) is 0 Å². The average Bonchev–Trinajstić information content (AvgIpc) is 2.67. The van der Waals surface area contributed by atoms with E-state index in [2.05, 4.69) is 103 Å². The molecule has 0 unspecified atom stereocenters. The molecule has 4 aromatic carbocycles. The molecular formula is C24H19. The number of rotatable bonds is 4. The van der Waals surface area contributed by atoms with Crippen LogP contribution in [0.4, 0.5) is 0 Å². The van der Waals surface area contributed by atoms with Crippen LogP contribution in [0.2, 0.25) is 0 Å². The number of fused-ring (bicyclic) bond motifs is 1. The second-order valence-electron chi connectivity index (χ2n) is 6.00. The lowest BCUT2D eigenvalue weighted by atomic mass is 9.93. The fourth-order valence-electron chi connectivity index (χ4n) is 3.25. The summed E-state index contributed by atoms with van der Waals surface area (Å²) in [5.41, 5.74) is 5.22. The van der Waals surface area contributed by atoms with Gasteiger partial charge in [0.05, 0.1) is 0 Å². The molecule has 0 fully saturated rings. The van der Waals surface area contributed by atoms with E-state index in [9.17, 15) is 0 Å². The summed E-state index contributed by atoms with van der Waals surface area (Å²) in [6.07, 6.45) is 3.27. The van der Waals surface area contributed by atoms with Crippen molar-refractivity contribution >= 4 is 10.8 Å². The topological polar surface area (TPSA) is 0 Å².